The standard InChI is InChI=1S/C19H25N3O2S/c1-3-24-16-12-15(19(16)10-6-7-11-19)22(2)18(23)21-17-20-13-8-4-5-9-14(13)25-17/h4-5,8-9,15-16H,3,6-7,10-12H2,1-2H3,(H,20,21,23)/t15-,16-/m1/s1. The second-order valence-electron chi connectivity index (χ2n) is 7.16. The summed E-state index contributed by atoms with van der Waals surface area (Å²) in [7, 11) is 1.91. The molecule has 1 spiro atoms. The van der Waals surface area contributed by atoms with Crippen LogP contribution in [0.2, 0.25) is 0 Å². The fraction of sp³-hybridized carbons (Fsp3) is 0.579. The highest BCUT2D eigenvalue weighted by atomic mass is 32.1. The number of hydrogen-bond acceptors (Lipinski definition) is 4. The molecular weight excluding hydrogens is 334 g/mol. The molecule has 1 heterocycles. The number of para-hydroxylation sites is 1. The monoisotopic (exact) mass is 359 g/mol. The second-order valence-corrected chi connectivity index (χ2v) is 8.19. The van der Waals surface area contributed by atoms with Gasteiger partial charge in [-0.25, -0.2) is 9.78 Å². The molecule has 25 heavy (non-hydrogen) atoms. The molecule has 4 rings (SSSR count). The number of carbonyl (C=O) groups is 1. The minimum atomic E-state index is -0.0646. The zero-order valence-corrected chi connectivity index (χ0v) is 15.6. The molecule has 0 radical (unpaired) electrons. The number of benzene rings is 1. The highest BCUT2D eigenvalue weighted by Crippen LogP contribution is 2.56. The van der Waals surface area contributed by atoms with Gasteiger partial charge < -0.3 is 9.64 Å². The maximum Gasteiger partial charge on any atom is 0.323 e. The number of nitrogens with one attached hydrogen (secondary N) is 1. The summed E-state index contributed by atoms with van der Waals surface area (Å²) in [6, 6.07) is 8.15. The van der Waals surface area contributed by atoms with Crippen molar-refractivity contribution in [3.05, 3.63) is 24.3 Å². The van der Waals surface area contributed by atoms with Crippen molar-refractivity contribution >= 4 is 32.7 Å². The number of amides is 2. The lowest BCUT2D eigenvalue weighted by Crippen LogP contribution is -2.64. The summed E-state index contributed by atoms with van der Waals surface area (Å²) >= 11 is 1.52. The zero-order chi connectivity index (χ0) is 17.4. The van der Waals surface area contributed by atoms with Crippen molar-refractivity contribution in [2.24, 2.45) is 5.41 Å². The Balaban J connectivity index is 1.46. The minimum absolute atomic E-state index is 0.0646. The molecule has 2 aliphatic carbocycles. The van der Waals surface area contributed by atoms with Crippen LogP contribution in [-0.2, 0) is 4.74 Å². The van der Waals surface area contributed by atoms with Crippen molar-refractivity contribution < 1.29 is 9.53 Å². The van der Waals surface area contributed by atoms with Gasteiger partial charge in [-0.1, -0.05) is 36.3 Å². The van der Waals surface area contributed by atoms with E-state index >= 15 is 0 Å². The van der Waals surface area contributed by atoms with Crippen LogP contribution in [0.25, 0.3) is 10.2 Å². The zero-order valence-electron chi connectivity index (χ0n) is 14.8. The molecule has 1 N–H and O–H groups in total. The Labute approximate surface area is 152 Å². The fourth-order valence-corrected chi connectivity index (χ4v) is 5.50. The molecule has 0 saturated heterocycles. The smallest absolute Gasteiger partial charge is 0.323 e. The van der Waals surface area contributed by atoms with Crippen LogP contribution in [0.4, 0.5) is 9.93 Å². The van der Waals surface area contributed by atoms with E-state index in [4.69, 9.17) is 4.74 Å². The van der Waals surface area contributed by atoms with E-state index in [1.807, 2.05) is 36.2 Å². The number of hydrogen-bond donors (Lipinski definition) is 1. The van der Waals surface area contributed by atoms with Crippen LogP contribution in [-0.4, -0.2) is 41.7 Å². The quantitative estimate of drug-likeness (QED) is 0.874. The van der Waals surface area contributed by atoms with Crippen molar-refractivity contribution in [3.8, 4) is 0 Å². The normalized spacial score (nSPS) is 24.4. The van der Waals surface area contributed by atoms with Gasteiger partial charge in [0.1, 0.15) is 0 Å². The van der Waals surface area contributed by atoms with Crippen molar-refractivity contribution in [3.63, 3.8) is 0 Å². The van der Waals surface area contributed by atoms with Gasteiger partial charge in [-0.3, -0.25) is 5.32 Å². The molecule has 2 atom stereocenters. The van der Waals surface area contributed by atoms with Gasteiger partial charge in [0.05, 0.1) is 16.3 Å². The number of ether oxygens (including phenoxy) is 1. The van der Waals surface area contributed by atoms with Crippen LogP contribution in [0.3, 0.4) is 0 Å². The average Bonchev–Trinajstić information content (AvgIpc) is 3.25. The summed E-state index contributed by atoms with van der Waals surface area (Å²) in [5.41, 5.74) is 1.09. The van der Waals surface area contributed by atoms with Gasteiger partial charge >= 0.3 is 6.03 Å². The first-order chi connectivity index (χ1) is 12.1. The predicted molar refractivity (Wildman–Crippen MR) is 101 cm³/mol. The first-order valence-corrected chi connectivity index (χ1v) is 9.96. The molecule has 2 fully saturated rings. The Hall–Kier alpha value is -1.66. The molecule has 2 amide bonds. The van der Waals surface area contributed by atoms with Crippen molar-refractivity contribution in [1.82, 2.24) is 9.88 Å². The topological polar surface area (TPSA) is 54.5 Å². The molecule has 134 valence electrons. The Morgan fingerprint density at radius 1 is 1.40 bits per heavy atom. The number of urea groups is 1. The highest BCUT2D eigenvalue weighted by Gasteiger charge is 2.58. The Morgan fingerprint density at radius 3 is 2.88 bits per heavy atom. The summed E-state index contributed by atoms with van der Waals surface area (Å²) in [5.74, 6) is 0. The van der Waals surface area contributed by atoms with Crippen LogP contribution in [0.15, 0.2) is 24.3 Å². The first-order valence-electron chi connectivity index (χ1n) is 9.15. The average molecular weight is 359 g/mol. The van der Waals surface area contributed by atoms with Crippen molar-refractivity contribution in [1.29, 1.82) is 0 Å². The molecule has 2 saturated carbocycles. The second kappa shape index (κ2) is 6.57. The lowest BCUT2D eigenvalue weighted by molar-refractivity contribution is -0.150. The maximum absolute atomic E-state index is 12.8. The van der Waals surface area contributed by atoms with E-state index in [9.17, 15) is 4.79 Å². The molecule has 0 bridgehead atoms. The van der Waals surface area contributed by atoms with Gasteiger partial charge in [-0.05, 0) is 38.3 Å². The van der Waals surface area contributed by atoms with Gasteiger partial charge in [0, 0.05) is 25.1 Å². The summed E-state index contributed by atoms with van der Waals surface area (Å²) < 4.78 is 7.06. The van der Waals surface area contributed by atoms with E-state index in [1.54, 1.807) is 0 Å². The first kappa shape index (κ1) is 16.8. The fourth-order valence-electron chi connectivity index (χ4n) is 4.64. The lowest BCUT2D eigenvalue weighted by Gasteiger charge is -2.56. The van der Waals surface area contributed by atoms with Gasteiger partial charge in [0.25, 0.3) is 0 Å². The summed E-state index contributed by atoms with van der Waals surface area (Å²) in [4.78, 5) is 19.2. The molecular formula is C19H25N3O2S. The molecule has 2 aliphatic rings. The lowest BCUT2D eigenvalue weighted by atomic mass is 9.60. The van der Waals surface area contributed by atoms with Crippen LogP contribution >= 0.6 is 11.3 Å². The SMILES string of the molecule is CCO[C@@H]1C[C@@H](N(C)C(=O)Nc2nc3ccccc3s2)C12CCCC2. The van der Waals surface area contributed by atoms with Crippen molar-refractivity contribution in [2.45, 2.75) is 51.2 Å². The van der Waals surface area contributed by atoms with Crippen LogP contribution < -0.4 is 5.32 Å². The van der Waals surface area contributed by atoms with Gasteiger partial charge in [0.15, 0.2) is 5.13 Å². The van der Waals surface area contributed by atoms with Crippen LogP contribution in [0.1, 0.15) is 39.0 Å². The van der Waals surface area contributed by atoms with E-state index in [-0.39, 0.29) is 17.5 Å². The molecule has 0 unspecified atom stereocenters. The Kier molecular flexibility index (Phi) is 4.41. The molecule has 5 nitrogen and oxygen atoms in total. The van der Waals surface area contributed by atoms with Crippen LogP contribution in [0, 0.1) is 5.41 Å². The van der Waals surface area contributed by atoms with E-state index in [2.05, 4.69) is 17.2 Å². The molecule has 1 aromatic carbocycles. The molecule has 6 heteroatoms. The number of rotatable bonds is 4. The van der Waals surface area contributed by atoms with Gasteiger partial charge in [-0.15, -0.1) is 0 Å². The van der Waals surface area contributed by atoms with E-state index < -0.39 is 0 Å². The third kappa shape index (κ3) is 2.81. The third-order valence-electron chi connectivity index (χ3n) is 5.94. The summed E-state index contributed by atoms with van der Waals surface area (Å²) in [5, 5.41) is 3.65. The number of aromatic nitrogens is 1. The van der Waals surface area contributed by atoms with E-state index in [0.29, 0.717) is 11.2 Å². The molecule has 2 aromatic rings. The Bertz CT molecular complexity index is 736. The molecule has 1 aromatic heterocycles. The Morgan fingerprint density at radius 2 is 2.16 bits per heavy atom. The minimum Gasteiger partial charge on any atom is -0.378 e. The van der Waals surface area contributed by atoms with E-state index in [0.717, 1.165) is 23.2 Å². The van der Waals surface area contributed by atoms with Crippen LogP contribution in [0.5, 0.6) is 0 Å². The number of fused-ring (bicyclic) bond motifs is 1. The molecule has 0 aliphatic heterocycles. The summed E-state index contributed by atoms with van der Waals surface area (Å²) in [6.07, 6.45) is 6.07. The van der Waals surface area contributed by atoms with Crippen molar-refractivity contribution in [2.75, 3.05) is 19.0 Å². The third-order valence-corrected chi connectivity index (χ3v) is 6.89. The maximum atomic E-state index is 12.8. The predicted octanol–water partition coefficient (Wildman–Crippen LogP) is 4.50. The highest BCUT2D eigenvalue weighted by molar-refractivity contribution is 7.22. The number of anilines is 1. The van der Waals surface area contributed by atoms with Gasteiger partial charge in [-0.2, -0.15) is 0 Å². The van der Waals surface area contributed by atoms with Gasteiger partial charge in [0.2, 0.25) is 0 Å². The largest absolute Gasteiger partial charge is 0.378 e. The summed E-state index contributed by atoms with van der Waals surface area (Å²) in [6.45, 7) is 2.81. The number of thiazole rings is 1. The number of carbonyl (C=O) groups excluding carboxylic acids is 1. The van der Waals surface area contributed by atoms with E-state index in [1.165, 1.54) is 37.0 Å². The number of nitrogens with zero attached hydrogens (tertiary/aromatic N) is 2.